The van der Waals surface area contributed by atoms with E-state index in [2.05, 4.69) is 10.3 Å². The first kappa shape index (κ1) is 11.4. The van der Waals surface area contributed by atoms with Crippen LogP contribution in [0.15, 0.2) is 23.6 Å². The zero-order chi connectivity index (χ0) is 11.5. The molecule has 0 bridgehead atoms. The maximum absolute atomic E-state index is 12.8. The van der Waals surface area contributed by atoms with Crippen LogP contribution in [0.5, 0.6) is 0 Å². The number of nitrogens with zero attached hydrogens (tertiary/aromatic N) is 1. The molecule has 0 saturated heterocycles. The van der Waals surface area contributed by atoms with Gasteiger partial charge in [0.25, 0.3) is 0 Å². The van der Waals surface area contributed by atoms with Gasteiger partial charge in [0.15, 0.2) is 0 Å². The summed E-state index contributed by atoms with van der Waals surface area (Å²) in [7, 11) is 0. The summed E-state index contributed by atoms with van der Waals surface area (Å²) in [6.45, 7) is 2.55. The van der Waals surface area contributed by atoms with Crippen molar-refractivity contribution in [2.24, 2.45) is 0 Å². The first-order chi connectivity index (χ1) is 7.65. The van der Waals surface area contributed by atoms with E-state index in [1.807, 2.05) is 12.3 Å². The van der Waals surface area contributed by atoms with Crippen LogP contribution in [0.25, 0.3) is 0 Å². The number of halogens is 2. The van der Waals surface area contributed by atoms with Crippen LogP contribution in [-0.4, -0.2) is 4.98 Å². The van der Waals surface area contributed by atoms with Gasteiger partial charge in [0.05, 0.1) is 17.3 Å². The molecule has 0 aliphatic carbocycles. The number of benzene rings is 1. The largest absolute Gasteiger partial charge is 0.377 e. The molecule has 0 spiro atoms. The highest BCUT2D eigenvalue weighted by atomic mass is 35.5. The second-order valence-corrected chi connectivity index (χ2v) is 4.71. The van der Waals surface area contributed by atoms with Gasteiger partial charge in [0, 0.05) is 11.1 Å². The minimum Gasteiger partial charge on any atom is -0.377 e. The van der Waals surface area contributed by atoms with Crippen molar-refractivity contribution in [3.8, 4) is 0 Å². The lowest BCUT2D eigenvalue weighted by Gasteiger charge is -2.06. The molecule has 16 heavy (non-hydrogen) atoms. The van der Waals surface area contributed by atoms with Crippen LogP contribution in [0.1, 0.15) is 10.7 Å². The van der Waals surface area contributed by atoms with E-state index in [0.29, 0.717) is 11.6 Å². The predicted octanol–water partition coefficient (Wildman–Crippen LogP) is 3.86. The van der Waals surface area contributed by atoms with Gasteiger partial charge in [-0.05, 0) is 25.1 Å². The molecule has 1 heterocycles. The third-order valence-electron chi connectivity index (χ3n) is 2.03. The summed E-state index contributed by atoms with van der Waals surface area (Å²) in [5.74, 6) is -0.333. The molecular weight excluding hydrogens is 247 g/mol. The number of rotatable bonds is 3. The van der Waals surface area contributed by atoms with Crippen molar-refractivity contribution in [1.29, 1.82) is 0 Å². The van der Waals surface area contributed by atoms with E-state index >= 15 is 0 Å². The number of anilines is 1. The lowest BCUT2D eigenvalue weighted by Crippen LogP contribution is -1.99. The monoisotopic (exact) mass is 256 g/mol. The van der Waals surface area contributed by atoms with Crippen molar-refractivity contribution in [3.63, 3.8) is 0 Å². The molecule has 0 unspecified atom stereocenters. The first-order valence-corrected chi connectivity index (χ1v) is 6.01. The van der Waals surface area contributed by atoms with Crippen molar-refractivity contribution in [3.05, 3.63) is 45.1 Å². The van der Waals surface area contributed by atoms with E-state index in [9.17, 15) is 4.39 Å². The Morgan fingerprint density at radius 1 is 1.50 bits per heavy atom. The van der Waals surface area contributed by atoms with Crippen LogP contribution < -0.4 is 5.32 Å². The summed E-state index contributed by atoms with van der Waals surface area (Å²) in [6, 6.07) is 4.29. The predicted molar refractivity (Wildman–Crippen MR) is 65.6 cm³/mol. The lowest BCUT2D eigenvalue weighted by atomic mass is 10.3. The fourth-order valence-electron chi connectivity index (χ4n) is 1.29. The van der Waals surface area contributed by atoms with Gasteiger partial charge in [0.2, 0.25) is 0 Å². The Labute approximate surface area is 102 Å². The fraction of sp³-hybridized carbons (Fsp3) is 0.182. The second kappa shape index (κ2) is 4.80. The molecule has 1 aromatic carbocycles. The van der Waals surface area contributed by atoms with Crippen molar-refractivity contribution >= 4 is 28.6 Å². The summed E-state index contributed by atoms with van der Waals surface area (Å²) < 4.78 is 12.8. The second-order valence-electron chi connectivity index (χ2n) is 3.36. The Morgan fingerprint density at radius 2 is 2.31 bits per heavy atom. The average Bonchev–Trinajstić information content (AvgIpc) is 2.63. The molecule has 2 rings (SSSR count). The van der Waals surface area contributed by atoms with Gasteiger partial charge < -0.3 is 5.32 Å². The normalized spacial score (nSPS) is 10.4. The highest BCUT2D eigenvalue weighted by molar-refractivity contribution is 7.09. The molecule has 0 saturated carbocycles. The average molecular weight is 257 g/mol. The molecule has 0 radical (unpaired) electrons. The Morgan fingerprint density at radius 3 is 2.94 bits per heavy atom. The van der Waals surface area contributed by atoms with Gasteiger partial charge in [-0.1, -0.05) is 11.6 Å². The van der Waals surface area contributed by atoms with Crippen LogP contribution >= 0.6 is 22.9 Å². The molecule has 1 aromatic heterocycles. The first-order valence-electron chi connectivity index (χ1n) is 4.75. The molecule has 0 aliphatic rings. The van der Waals surface area contributed by atoms with Crippen LogP contribution in [-0.2, 0) is 6.54 Å². The number of nitrogens with one attached hydrogen (secondary N) is 1. The highest BCUT2D eigenvalue weighted by Gasteiger charge is 2.03. The molecule has 84 valence electrons. The van der Waals surface area contributed by atoms with Crippen molar-refractivity contribution in [1.82, 2.24) is 4.98 Å². The zero-order valence-electron chi connectivity index (χ0n) is 8.63. The van der Waals surface area contributed by atoms with Crippen molar-refractivity contribution in [2.45, 2.75) is 13.5 Å². The van der Waals surface area contributed by atoms with Crippen molar-refractivity contribution in [2.75, 3.05) is 5.32 Å². The summed E-state index contributed by atoms with van der Waals surface area (Å²) in [6.07, 6.45) is 0. The zero-order valence-corrected chi connectivity index (χ0v) is 10.2. The van der Waals surface area contributed by atoms with Crippen molar-refractivity contribution < 1.29 is 4.39 Å². The quantitative estimate of drug-likeness (QED) is 0.902. The SMILES string of the molecule is Cc1csc(CNc2ccc(F)cc2Cl)n1. The molecule has 1 N–H and O–H groups in total. The minimum atomic E-state index is -0.333. The maximum atomic E-state index is 12.8. The highest BCUT2D eigenvalue weighted by Crippen LogP contribution is 2.23. The van der Waals surface area contributed by atoms with Gasteiger partial charge >= 0.3 is 0 Å². The Hall–Kier alpha value is -1.13. The van der Waals surface area contributed by atoms with E-state index in [1.54, 1.807) is 17.4 Å². The van der Waals surface area contributed by atoms with Crippen LogP contribution in [0.3, 0.4) is 0 Å². The molecule has 0 aliphatic heterocycles. The molecule has 2 nitrogen and oxygen atoms in total. The van der Waals surface area contributed by atoms with Gasteiger partial charge in [-0.2, -0.15) is 0 Å². The fourth-order valence-corrected chi connectivity index (χ4v) is 2.23. The van der Waals surface area contributed by atoms with E-state index in [1.165, 1.54) is 12.1 Å². The molecule has 0 atom stereocenters. The topological polar surface area (TPSA) is 24.9 Å². The van der Waals surface area contributed by atoms with Gasteiger partial charge in [-0.3, -0.25) is 0 Å². The number of thiazole rings is 1. The van der Waals surface area contributed by atoms with Gasteiger partial charge in [0.1, 0.15) is 10.8 Å². The van der Waals surface area contributed by atoms with E-state index in [-0.39, 0.29) is 5.82 Å². The third-order valence-corrected chi connectivity index (χ3v) is 3.31. The lowest BCUT2D eigenvalue weighted by molar-refractivity contribution is 0.628. The van der Waals surface area contributed by atoms with E-state index < -0.39 is 0 Å². The summed E-state index contributed by atoms with van der Waals surface area (Å²) in [5.41, 5.74) is 1.72. The number of aromatic nitrogens is 1. The maximum Gasteiger partial charge on any atom is 0.124 e. The molecule has 2 aromatic rings. The van der Waals surface area contributed by atoms with Crippen LogP contribution in [0.2, 0.25) is 5.02 Å². The number of hydrogen-bond donors (Lipinski definition) is 1. The van der Waals surface area contributed by atoms with E-state index in [4.69, 9.17) is 11.6 Å². The van der Waals surface area contributed by atoms with Gasteiger partial charge in [-0.15, -0.1) is 11.3 Å². The molecule has 0 fully saturated rings. The molecular formula is C11H10ClFN2S. The molecule has 0 amide bonds. The Balaban J connectivity index is 2.04. The number of hydrogen-bond acceptors (Lipinski definition) is 3. The summed E-state index contributed by atoms with van der Waals surface area (Å²) in [4.78, 5) is 4.31. The summed E-state index contributed by atoms with van der Waals surface area (Å²) in [5, 5.41) is 6.48. The Bertz CT molecular complexity index is 498. The number of aryl methyl sites for hydroxylation is 1. The summed E-state index contributed by atoms with van der Waals surface area (Å²) >= 11 is 7.47. The molecule has 5 heteroatoms. The smallest absolute Gasteiger partial charge is 0.124 e. The minimum absolute atomic E-state index is 0.333. The van der Waals surface area contributed by atoms with Crippen LogP contribution in [0.4, 0.5) is 10.1 Å². The third kappa shape index (κ3) is 2.71. The van der Waals surface area contributed by atoms with Gasteiger partial charge in [-0.25, -0.2) is 9.37 Å². The standard InChI is InChI=1S/C11H10ClFN2S/c1-7-6-16-11(15-7)5-14-10-3-2-8(13)4-9(10)12/h2-4,6,14H,5H2,1H3. The Kier molecular flexibility index (Phi) is 3.41. The van der Waals surface area contributed by atoms with Crippen LogP contribution in [0, 0.1) is 12.7 Å². The van der Waals surface area contributed by atoms with E-state index in [0.717, 1.165) is 16.4 Å².